The van der Waals surface area contributed by atoms with Crippen LogP contribution in [0.15, 0.2) is 66.7 Å². The molecule has 6 rings (SSSR count). The van der Waals surface area contributed by atoms with Gasteiger partial charge in [-0.3, -0.25) is 14.5 Å². The molecule has 2 heterocycles. The number of carbonyl (C=O) groups is 2. The van der Waals surface area contributed by atoms with Crippen LogP contribution in [-0.2, 0) is 11.2 Å². The molecule has 2 unspecified atom stereocenters. The van der Waals surface area contributed by atoms with Gasteiger partial charge in [-0.05, 0) is 68.9 Å². The first kappa shape index (κ1) is 27.4. The number of piperidine rings is 1. The van der Waals surface area contributed by atoms with Crippen LogP contribution in [0.25, 0.3) is 0 Å². The number of ether oxygens (including phenoxy) is 2. The molecule has 1 saturated carbocycles. The van der Waals surface area contributed by atoms with Gasteiger partial charge in [0.25, 0.3) is 5.91 Å². The molecule has 3 aromatic rings. The SMILES string of the molecule is Cc1ccc(CCNC(=O)c2cccc(N3C(=O)CC4CC3(C)Oc3c(OCC5CCCCC5)cccc34)c2)cc1. The van der Waals surface area contributed by atoms with Gasteiger partial charge in [0.2, 0.25) is 5.91 Å². The lowest BCUT2D eigenvalue weighted by Gasteiger charge is -2.50. The van der Waals surface area contributed by atoms with Crippen LogP contribution < -0.4 is 19.7 Å². The molecule has 2 atom stereocenters. The zero-order valence-corrected chi connectivity index (χ0v) is 24.2. The van der Waals surface area contributed by atoms with Crippen LogP contribution in [0.4, 0.5) is 5.69 Å². The molecule has 0 spiro atoms. The fraction of sp³-hybridized carbons (Fsp3) is 0.429. The molecular weight excluding hydrogens is 512 g/mol. The smallest absolute Gasteiger partial charge is 0.251 e. The summed E-state index contributed by atoms with van der Waals surface area (Å²) >= 11 is 0. The van der Waals surface area contributed by atoms with Gasteiger partial charge in [0.1, 0.15) is 0 Å². The summed E-state index contributed by atoms with van der Waals surface area (Å²) in [6.45, 7) is 5.28. The van der Waals surface area contributed by atoms with Gasteiger partial charge in [0.05, 0.1) is 6.61 Å². The van der Waals surface area contributed by atoms with Crippen LogP contribution in [0.5, 0.6) is 11.5 Å². The Labute approximate surface area is 243 Å². The van der Waals surface area contributed by atoms with Crippen molar-refractivity contribution in [3.8, 4) is 11.5 Å². The van der Waals surface area contributed by atoms with Crippen LogP contribution in [-0.4, -0.2) is 30.7 Å². The predicted octanol–water partition coefficient (Wildman–Crippen LogP) is 6.95. The second-order valence-electron chi connectivity index (χ2n) is 12.1. The highest BCUT2D eigenvalue weighted by molar-refractivity contribution is 5.99. The minimum absolute atomic E-state index is 0.000133. The molecule has 1 aliphatic carbocycles. The van der Waals surface area contributed by atoms with E-state index in [1.165, 1.54) is 43.2 Å². The van der Waals surface area contributed by atoms with Crippen LogP contribution in [0.2, 0.25) is 0 Å². The molecule has 0 aromatic heterocycles. The van der Waals surface area contributed by atoms with E-state index in [1.54, 1.807) is 17.0 Å². The maximum Gasteiger partial charge on any atom is 0.251 e. The van der Waals surface area contributed by atoms with E-state index in [4.69, 9.17) is 9.47 Å². The lowest BCUT2D eigenvalue weighted by molar-refractivity contribution is -0.127. The third kappa shape index (κ3) is 5.83. The molecule has 1 saturated heterocycles. The monoisotopic (exact) mass is 552 g/mol. The lowest BCUT2D eigenvalue weighted by Crippen LogP contribution is -2.60. The Balaban J connectivity index is 1.18. The highest BCUT2D eigenvalue weighted by atomic mass is 16.5. The maximum atomic E-state index is 13.6. The summed E-state index contributed by atoms with van der Waals surface area (Å²) in [6.07, 6.45) is 8.14. The summed E-state index contributed by atoms with van der Waals surface area (Å²) < 4.78 is 13.1. The Morgan fingerprint density at radius 1 is 1.05 bits per heavy atom. The van der Waals surface area contributed by atoms with Gasteiger partial charge in [0, 0.05) is 42.1 Å². The number of hydrogen-bond acceptors (Lipinski definition) is 4. The molecule has 2 aliphatic heterocycles. The molecule has 1 N–H and O–H groups in total. The van der Waals surface area contributed by atoms with Crippen molar-refractivity contribution >= 4 is 17.5 Å². The van der Waals surface area contributed by atoms with Crippen LogP contribution in [0, 0.1) is 12.8 Å². The van der Waals surface area contributed by atoms with Gasteiger partial charge in [-0.25, -0.2) is 0 Å². The minimum Gasteiger partial charge on any atom is -0.489 e. The van der Waals surface area contributed by atoms with E-state index < -0.39 is 5.72 Å². The number of rotatable bonds is 8. The van der Waals surface area contributed by atoms with E-state index in [0.29, 0.717) is 43.2 Å². The van der Waals surface area contributed by atoms with Gasteiger partial charge in [-0.15, -0.1) is 0 Å². The van der Waals surface area contributed by atoms with Gasteiger partial charge in [0.15, 0.2) is 17.2 Å². The Morgan fingerprint density at radius 2 is 1.83 bits per heavy atom. The molecule has 0 radical (unpaired) electrons. The van der Waals surface area contributed by atoms with Gasteiger partial charge >= 0.3 is 0 Å². The van der Waals surface area contributed by atoms with Crippen molar-refractivity contribution in [2.75, 3.05) is 18.1 Å². The molecule has 2 bridgehead atoms. The summed E-state index contributed by atoms with van der Waals surface area (Å²) in [5, 5.41) is 3.03. The molecular formula is C35H40N2O4. The average Bonchev–Trinajstić information content (AvgIpc) is 2.97. The van der Waals surface area contributed by atoms with Gasteiger partial charge < -0.3 is 14.8 Å². The third-order valence-electron chi connectivity index (χ3n) is 8.93. The second kappa shape index (κ2) is 11.6. The number of fused-ring (bicyclic) bond motifs is 4. The molecule has 2 amide bonds. The number of para-hydroxylation sites is 1. The Bertz CT molecular complexity index is 1410. The highest BCUT2D eigenvalue weighted by Gasteiger charge is 2.50. The number of amides is 2. The Hall–Kier alpha value is -3.80. The number of anilines is 1. The first-order valence-corrected chi connectivity index (χ1v) is 15.1. The molecule has 214 valence electrons. The molecule has 2 fully saturated rings. The summed E-state index contributed by atoms with van der Waals surface area (Å²) in [5.74, 6) is 2.02. The topological polar surface area (TPSA) is 67.9 Å². The molecule has 3 aliphatic rings. The standard InChI is InChI=1S/C35H40N2O4/c1-24-14-16-25(17-15-24)18-19-36-34(39)27-10-6-11-29(20-27)37-32(38)21-28-22-35(37,2)41-33-30(28)12-7-13-31(33)40-23-26-8-4-3-5-9-26/h6-7,10-17,20,26,28H,3-5,8-9,18-19,21-23H2,1-2H3,(H,36,39). The minimum atomic E-state index is -0.877. The van der Waals surface area contributed by atoms with Crippen molar-refractivity contribution in [3.63, 3.8) is 0 Å². The molecule has 41 heavy (non-hydrogen) atoms. The average molecular weight is 553 g/mol. The highest BCUT2D eigenvalue weighted by Crippen LogP contribution is 2.52. The Morgan fingerprint density at radius 3 is 2.63 bits per heavy atom. The molecule has 6 heteroatoms. The van der Waals surface area contributed by atoms with E-state index in [-0.39, 0.29) is 17.7 Å². The number of aryl methyl sites for hydroxylation is 1. The van der Waals surface area contributed by atoms with Crippen LogP contribution >= 0.6 is 0 Å². The van der Waals surface area contributed by atoms with Crippen molar-refractivity contribution < 1.29 is 19.1 Å². The summed E-state index contributed by atoms with van der Waals surface area (Å²) in [4.78, 5) is 28.4. The van der Waals surface area contributed by atoms with Crippen molar-refractivity contribution in [1.82, 2.24) is 5.32 Å². The van der Waals surface area contributed by atoms with E-state index >= 15 is 0 Å². The summed E-state index contributed by atoms with van der Waals surface area (Å²) in [6, 6.07) is 21.7. The first-order chi connectivity index (χ1) is 19.9. The van der Waals surface area contributed by atoms with E-state index in [0.717, 1.165) is 23.5 Å². The number of hydrogen-bond donors (Lipinski definition) is 1. The van der Waals surface area contributed by atoms with Crippen molar-refractivity contribution in [2.24, 2.45) is 5.92 Å². The zero-order chi connectivity index (χ0) is 28.4. The maximum absolute atomic E-state index is 13.6. The molecule has 6 nitrogen and oxygen atoms in total. The molecule has 3 aromatic carbocycles. The number of carbonyl (C=O) groups excluding carboxylic acids is 2. The zero-order valence-electron chi connectivity index (χ0n) is 24.2. The fourth-order valence-corrected chi connectivity index (χ4v) is 6.73. The van der Waals surface area contributed by atoms with E-state index in [1.807, 2.05) is 31.2 Å². The Kier molecular flexibility index (Phi) is 7.74. The van der Waals surface area contributed by atoms with Crippen LogP contribution in [0.1, 0.15) is 84.8 Å². The predicted molar refractivity (Wildman–Crippen MR) is 161 cm³/mol. The van der Waals surface area contributed by atoms with Crippen LogP contribution in [0.3, 0.4) is 0 Å². The van der Waals surface area contributed by atoms with E-state index in [9.17, 15) is 9.59 Å². The van der Waals surface area contributed by atoms with E-state index in [2.05, 4.69) is 42.6 Å². The van der Waals surface area contributed by atoms with Gasteiger partial charge in [-0.1, -0.05) is 67.3 Å². The lowest BCUT2D eigenvalue weighted by atomic mass is 9.80. The summed E-state index contributed by atoms with van der Waals surface area (Å²) in [5.41, 5.74) is 3.78. The van der Waals surface area contributed by atoms with Crippen molar-refractivity contribution in [1.29, 1.82) is 0 Å². The largest absolute Gasteiger partial charge is 0.489 e. The number of nitrogens with zero attached hydrogens (tertiary/aromatic N) is 1. The normalized spacial score (nSPS) is 22.0. The third-order valence-corrected chi connectivity index (χ3v) is 8.93. The first-order valence-electron chi connectivity index (χ1n) is 15.1. The number of nitrogens with one attached hydrogen (secondary N) is 1. The van der Waals surface area contributed by atoms with Crippen molar-refractivity contribution in [3.05, 3.63) is 89.0 Å². The fourth-order valence-electron chi connectivity index (χ4n) is 6.73. The second-order valence-corrected chi connectivity index (χ2v) is 12.1. The summed E-state index contributed by atoms with van der Waals surface area (Å²) in [7, 11) is 0. The van der Waals surface area contributed by atoms with Gasteiger partial charge in [-0.2, -0.15) is 0 Å². The van der Waals surface area contributed by atoms with Crippen molar-refractivity contribution in [2.45, 2.75) is 76.9 Å². The number of benzene rings is 3. The quantitative estimate of drug-likeness (QED) is 0.329.